The molecule has 0 aliphatic carbocycles. The van der Waals surface area contributed by atoms with Crippen molar-refractivity contribution >= 4 is 17.6 Å². The second-order valence-corrected chi connectivity index (χ2v) is 5.26. The number of hydrogen-bond donors (Lipinski definition) is 3. The summed E-state index contributed by atoms with van der Waals surface area (Å²) >= 11 is 0. The number of carboxylic acid groups (broad SMARTS) is 2. The molecule has 0 radical (unpaired) electrons. The van der Waals surface area contributed by atoms with Gasteiger partial charge >= 0.3 is 11.9 Å². The Morgan fingerprint density at radius 3 is 2.32 bits per heavy atom. The second kappa shape index (κ2) is 6.48. The summed E-state index contributed by atoms with van der Waals surface area (Å²) in [4.78, 5) is 23.3. The molecule has 0 saturated carbocycles. The molecule has 126 valence electrons. The first-order valence-corrected chi connectivity index (χ1v) is 7.46. The molecule has 0 atom stereocenters. The SMILES string of the molecule is CNc1cccc(-n2nc(C(=O)O)c(C(=O)O)c2-c2ccccc2)c1. The summed E-state index contributed by atoms with van der Waals surface area (Å²) < 4.78 is 1.35. The van der Waals surface area contributed by atoms with Crippen molar-refractivity contribution in [1.82, 2.24) is 9.78 Å². The topological polar surface area (TPSA) is 104 Å². The first-order chi connectivity index (χ1) is 12.0. The number of carbonyl (C=O) groups is 2. The van der Waals surface area contributed by atoms with Crippen LogP contribution < -0.4 is 5.32 Å². The third-order valence-corrected chi connectivity index (χ3v) is 3.73. The molecule has 2 aromatic carbocycles. The Hall–Kier alpha value is -3.61. The third-order valence-electron chi connectivity index (χ3n) is 3.73. The molecule has 25 heavy (non-hydrogen) atoms. The highest BCUT2D eigenvalue weighted by molar-refractivity contribution is 6.05. The van der Waals surface area contributed by atoms with E-state index in [1.165, 1.54) is 4.68 Å². The van der Waals surface area contributed by atoms with E-state index < -0.39 is 17.6 Å². The quantitative estimate of drug-likeness (QED) is 0.661. The molecule has 0 fully saturated rings. The Labute approximate surface area is 143 Å². The summed E-state index contributed by atoms with van der Waals surface area (Å²) in [5.41, 5.74) is 1.30. The lowest BCUT2D eigenvalue weighted by molar-refractivity contribution is 0.0648. The predicted octanol–water partition coefficient (Wildman–Crippen LogP) is 2.98. The summed E-state index contributed by atoms with van der Waals surface area (Å²) in [7, 11) is 1.76. The monoisotopic (exact) mass is 337 g/mol. The van der Waals surface area contributed by atoms with Crippen molar-refractivity contribution in [2.45, 2.75) is 0 Å². The van der Waals surface area contributed by atoms with Gasteiger partial charge in [-0.25, -0.2) is 14.3 Å². The largest absolute Gasteiger partial charge is 0.478 e. The van der Waals surface area contributed by atoms with Gasteiger partial charge in [0.2, 0.25) is 0 Å². The van der Waals surface area contributed by atoms with Crippen LogP contribution in [0.4, 0.5) is 5.69 Å². The smallest absolute Gasteiger partial charge is 0.357 e. The molecule has 0 amide bonds. The molecule has 0 unspecified atom stereocenters. The van der Waals surface area contributed by atoms with Crippen molar-refractivity contribution < 1.29 is 19.8 Å². The normalized spacial score (nSPS) is 10.4. The van der Waals surface area contributed by atoms with Crippen LogP contribution in [-0.4, -0.2) is 39.0 Å². The Morgan fingerprint density at radius 2 is 1.72 bits per heavy atom. The zero-order valence-electron chi connectivity index (χ0n) is 13.3. The van der Waals surface area contributed by atoms with Gasteiger partial charge in [0.15, 0.2) is 5.69 Å². The van der Waals surface area contributed by atoms with Crippen molar-refractivity contribution in [2.24, 2.45) is 0 Å². The van der Waals surface area contributed by atoms with Crippen LogP contribution in [-0.2, 0) is 0 Å². The van der Waals surface area contributed by atoms with Crippen LogP contribution in [0.1, 0.15) is 20.8 Å². The predicted molar refractivity (Wildman–Crippen MR) is 92.5 cm³/mol. The summed E-state index contributed by atoms with van der Waals surface area (Å²) in [5.74, 6) is -2.73. The molecule has 0 saturated heterocycles. The molecule has 0 aliphatic rings. The Bertz CT molecular complexity index is 948. The van der Waals surface area contributed by atoms with Crippen molar-refractivity contribution in [3.05, 3.63) is 65.9 Å². The molecule has 1 heterocycles. The van der Waals surface area contributed by atoms with Gasteiger partial charge in [0.25, 0.3) is 0 Å². The van der Waals surface area contributed by atoms with Crippen LogP contribution in [0.3, 0.4) is 0 Å². The molecule has 3 N–H and O–H groups in total. The van der Waals surface area contributed by atoms with E-state index in [1.54, 1.807) is 55.6 Å². The van der Waals surface area contributed by atoms with Crippen LogP contribution >= 0.6 is 0 Å². The van der Waals surface area contributed by atoms with Gasteiger partial charge in [0, 0.05) is 18.3 Å². The maximum atomic E-state index is 11.8. The number of carboxylic acids is 2. The first kappa shape index (κ1) is 16.3. The molecule has 0 aliphatic heterocycles. The molecular formula is C18H15N3O4. The first-order valence-electron chi connectivity index (χ1n) is 7.46. The van der Waals surface area contributed by atoms with Crippen molar-refractivity contribution in [1.29, 1.82) is 0 Å². The van der Waals surface area contributed by atoms with E-state index >= 15 is 0 Å². The maximum absolute atomic E-state index is 11.8. The van der Waals surface area contributed by atoms with Gasteiger partial charge < -0.3 is 15.5 Å². The highest BCUT2D eigenvalue weighted by atomic mass is 16.4. The van der Waals surface area contributed by atoms with Crippen molar-refractivity contribution in [3.8, 4) is 16.9 Å². The zero-order chi connectivity index (χ0) is 18.0. The van der Waals surface area contributed by atoms with Gasteiger partial charge in [-0.1, -0.05) is 36.4 Å². The number of aromatic nitrogens is 2. The molecule has 0 spiro atoms. The van der Waals surface area contributed by atoms with E-state index in [4.69, 9.17) is 0 Å². The number of anilines is 1. The van der Waals surface area contributed by atoms with Crippen LogP contribution in [0.15, 0.2) is 54.6 Å². The highest BCUT2D eigenvalue weighted by Crippen LogP contribution is 2.30. The van der Waals surface area contributed by atoms with Gasteiger partial charge in [-0.3, -0.25) is 0 Å². The van der Waals surface area contributed by atoms with Gasteiger partial charge in [0.1, 0.15) is 5.56 Å². The standard InChI is InChI=1S/C18H15N3O4/c1-19-12-8-5-9-13(10-12)21-16(11-6-3-2-4-7-11)14(17(22)23)15(20-21)18(24)25/h2-10,19H,1H3,(H,22,23)(H,24,25). The summed E-state index contributed by atoms with van der Waals surface area (Å²) in [6, 6.07) is 15.8. The van der Waals surface area contributed by atoms with E-state index in [0.717, 1.165) is 5.69 Å². The van der Waals surface area contributed by atoms with Gasteiger partial charge in [-0.15, -0.1) is 0 Å². The summed E-state index contributed by atoms with van der Waals surface area (Å²) in [6.07, 6.45) is 0. The van der Waals surface area contributed by atoms with E-state index in [0.29, 0.717) is 11.3 Å². The molecule has 1 aromatic heterocycles. The fourth-order valence-electron chi connectivity index (χ4n) is 2.61. The van der Waals surface area contributed by atoms with Crippen LogP contribution in [0.25, 0.3) is 16.9 Å². The fourth-order valence-corrected chi connectivity index (χ4v) is 2.61. The minimum atomic E-state index is -1.39. The molecule has 7 heteroatoms. The third kappa shape index (κ3) is 2.94. The zero-order valence-corrected chi connectivity index (χ0v) is 13.3. The minimum Gasteiger partial charge on any atom is -0.478 e. The number of aromatic carboxylic acids is 2. The van der Waals surface area contributed by atoms with E-state index in [1.807, 2.05) is 6.07 Å². The van der Waals surface area contributed by atoms with Crippen LogP contribution in [0.2, 0.25) is 0 Å². The van der Waals surface area contributed by atoms with Crippen LogP contribution in [0.5, 0.6) is 0 Å². The molecule has 3 rings (SSSR count). The lowest BCUT2D eigenvalue weighted by Crippen LogP contribution is -2.07. The van der Waals surface area contributed by atoms with E-state index in [-0.39, 0.29) is 11.3 Å². The van der Waals surface area contributed by atoms with Crippen molar-refractivity contribution in [3.63, 3.8) is 0 Å². The average molecular weight is 337 g/mol. The minimum absolute atomic E-state index is 0.221. The van der Waals surface area contributed by atoms with Gasteiger partial charge in [-0.05, 0) is 18.2 Å². The number of rotatable bonds is 5. The summed E-state index contributed by atoms with van der Waals surface area (Å²) in [5, 5.41) is 26.0. The van der Waals surface area contributed by atoms with Gasteiger partial charge in [-0.2, -0.15) is 5.10 Å². The number of nitrogens with zero attached hydrogens (tertiary/aromatic N) is 2. The summed E-state index contributed by atoms with van der Waals surface area (Å²) in [6.45, 7) is 0. The molecular weight excluding hydrogens is 322 g/mol. The number of nitrogens with one attached hydrogen (secondary N) is 1. The lowest BCUT2D eigenvalue weighted by atomic mass is 10.1. The number of benzene rings is 2. The van der Waals surface area contributed by atoms with Gasteiger partial charge in [0.05, 0.1) is 11.4 Å². The van der Waals surface area contributed by atoms with Crippen molar-refractivity contribution in [2.75, 3.05) is 12.4 Å². The Morgan fingerprint density at radius 1 is 1.00 bits per heavy atom. The van der Waals surface area contributed by atoms with Crippen LogP contribution in [0, 0.1) is 0 Å². The molecule has 0 bridgehead atoms. The maximum Gasteiger partial charge on any atom is 0.357 e. The molecule has 7 nitrogen and oxygen atoms in total. The lowest BCUT2D eigenvalue weighted by Gasteiger charge is -2.10. The van der Waals surface area contributed by atoms with E-state index in [2.05, 4.69) is 10.4 Å². The highest BCUT2D eigenvalue weighted by Gasteiger charge is 2.29. The average Bonchev–Trinajstić information content (AvgIpc) is 3.03. The Kier molecular flexibility index (Phi) is 4.21. The molecule has 3 aromatic rings. The number of hydrogen-bond acceptors (Lipinski definition) is 4. The van der Waals surface area contributed by atoms with E-state index in [9.17, 15) is 19.8 Å². The fraction of sp³-hybridized carbons (Fsp3) is 0.0556. The second-order valence-electron chi connectivity index (χ2n) is 5.26. The Balaban J connectivity index is 2.36.